The molecule has 0 aliphatic carbocycles. The van der Waals surface area contributed by atoms with Gasteiger partial charge in [-0.2, -0.15) is 0 Å². The fourth-order valence-electron chi connectivity index (χ4n) is 4.05. The molecular formula is C22H35ClN10O3S. The van der Waals surface area contributed by atoms with Gasteiger partial charge in [0, 0.05) is 44.8 Å². The molecule has 0 aromatic carbocycles. The summed E-state index contributed by atoms with van der Waals surface area (Å²) < 4.78 is 1.78. The highest BCUT2D eigenvalue weighted by molar-refractivity contribution is 7.09. The fourth-order valence-corrected chi connectivity index (χ4v) is 4.98. The molecule has 37 heavy (non-hydrogen) atoms. The number of nitrogens with two attached hydrogens (primary N) is 2. The number of likely N-dealkylation sites (N-methyl/N-ethyl adjacent to an activating group) is 1. The standard InChI is InChI=1S/C22H34N10O3S.ClH/c1-12-28-15(10-31(12)3)21(35)32-9-13(23)8-17(32)20-30-16(11-36-20)19(34)29-14(18(33)26-2)6-4-5-7-27-22(24)25;/h10-11,13-14,17H,4-9,23H2,1-3H3,(H,26,33)(H,29,34)(H4,24,25,27);1H/t13-,14-,17-;/m0./s1. The van der Waals surface area contributed by atoms with Gasteiger partial charge in [0.2, 0.25) is 5.91 Å². The third kappa shape index (κ3) is 7.63. The number of aromatic nitrogens is 3. The highest BCUT2D eigenvalue weighted by atomic mass is 35.5. The van der Waals surface area contributed by atoms with Gasteiger partial charge in [-0.05, 0) is 32.6 Å². The second-order valence-corrected chi connectivity index (χ2v) is 9.69. The van der Waals surface area contributed by atoms with Crippen LogP contribution in [0.3, 0.4) is 0 Å². The number of guanidine groups is 1. The summed E-state index contributed by atoms with van der Waals surface area (Å²) in [7, 11) is 3.34. The van der Waals surface area contributed by atoms with Crippen molar-refractivity contribution in [2.45, 2.75) is 50.7 Å². The lowest BCUT2D eigenvalue weighted by Gasteiger charge is -2.22. The molecule has 2 aromatic heterocycles. The summed E-state index contributed by atoms with van der Waals surface area (Å²) in [5.74, 6) is -0.371. The van der Waals surface area contributed by atoms with Crippen LogP contribution in [0.4, 0.5) is 0 Å². The molecule has 0 radical (unpaired) electrons. The molecule has 204 valence electrons. The van der Waals surface area contributed by atoms with Gasteiger partial charge in [0.1, 0.15) is 28.3 Å². The van der Waals surface area contributed by atoms with Crippen LogP contribution in [-0.4, -0.2) is 75.3 Å². The van der Waals surface area contributed by atoms with E-state index in [1.54, 1.807) is 21.0 Å². The number of unbranched alkanes of at least 4 members (excludes halogenated alkanes) is 1. The molecule has 3 atom stereocenters. The van der Waals surface area contributed by atoms with E-state index in [9.17, 15) is 14.4 Å². The van der Waals surface area contributed by atoms with Crippen molar-refractivity contribution in [2.24, 2.45) is 18.5 Å². The van der Waals surface area contributed by atoms with Crippen LogP contribution in [0.2, 0.25) is 0 Å². The van der Waals surface area contributed by atoms with Gasteiger partial charge in [-0.3, -0.25) is 19.8 Å². The van der Waals surface area contributed by atoms with E-state index in [4.69, 9.17) is 16.9 Å². The number of amides is 3. The van der Waals surface area contributed by atoms with Gasteiger partial charge in [-0.1, -0.05) is 0 Å². The molecule has 13 nitrogen and oxygen atoms in total. The maximum Gasteiger partial charge on any atom is 0.274 e. The smallest absolute Gasteiger partial charge is 0.274 e. The minimum atomic E-state index is -0.727. The maximum atomic E-state index is 13.1. The molecule has 1 aliphatic rings. The fraction of sp³-hybridized carbons (Fsp3) is 0.545. The van der Waals surface area contributed by atoms with E-state index in [0.29, 0.717) is 49.5 Å². The zero-order valence-corrected chi connectivity index (χ0v) is 22.7. The second kappa shape index (κ2) is 13.4. The van der Waals surface area contributed by atoms with Crippen molar-refractivity contribution >= 4 is 47.4 Å². The van der Waals surface area contributed by atoms with Gasteiger partial charge >= 0.3 is 0 Å². The Hall–Kier alpha value is -3.23. The third-order valence-corrected chi connectivity index (χ3v) is 7.01. The highest BCUT2D eigenvalue weighted by Crippen LogP contribution is 2.34. The van der Waals surface area contributed by atoms with Crippen LogP contribution < -0.4 is 27.4 Å². The van der Waals surface area contributed by atoms with Gasteiger partial charge in [-0.25, -0.2) is 9.97 Å². The minimum Gasteiger partial charge on any atom is -0.370 e. The Morgan fingerprint density at radius 1 is 1.27 bits per heavy atom. The Bertz CT molecular complexity index is 1100. The number of imidazole rings is 1. The van der Waals surface area contributed by atoms with Crippen LogP contribution in [0.1, 0.15) is 63.5 Å². The van der Waals surface area contributed by atoms with Crippen LogP contribution in [0, 0.1) is 12.3 Å². The quantitative estimate of drug-likeness (QED) is 0.134. The van der Waals surface area contributed by atoms with Crippen LogP contribution in [-0.2, 0) is 11.8 Å². The zero-order chi connectivity index (χ0) is 26.4. The molecule has 0 unspecified atom stereocenters. The SMILES string of the molecule is CNC(=O)[C@H](CCCCNC(=N)N)NC(=O)c1csc([C@@H]2C[C@H](N)CN2C(=O)c2cn(C)c(C)n2)n1.Cl. The minimum absolute atomic E-state index is 0. The van der Waals surface area contributed by atoms with Gasteiger partial charge in [-0.15, -0.1) is 23.7 Å². The Morgan fingerprint density at radius 3 is 2.62 bits per heavy atom. The van der Waals surface area contributed by atoms with Crippen LogP contribution in [0.15, 0.2) is 11.6 Å². The Morgan fingerprint density at radius 2 is 2.00 bits per heavy atom. The lowest BCUT2D eigenvalue weighted by atomic mass is 10.1. The Labute approximate surface area is 225 Å². The molecule has 8 N–H and O–H groups in total. The molecule has 0 bridgehead atoms. The molecular weight excluding hydrogens is 520 g/mol. The first-order valence-electron chi connectivity index (χ1n) is 11.7. The molecule has 1 fully saturated rings. The molecule has 3 rings (SSSR count). The number of thiazole rings is 1. The molecule has 2 aromatic rings. The number of carbonyl (C=O) groups excluding carboxylic acids is 3. The number of likely N-dealkylation sites (tertiary alicyclic amines) is 1. The topological polar surface area (TPSA) is 197 Å². The summed E-state index contributed by atoms with van der Waals surface area (Å²) in [5, 5.41) is 17.4. The lowest BCUT2D eigenvalue weighted by Crippen LogP contribution is -2.45. The number of rotatable bonds is 10. The van der Waals surface area contributed by atoms with E-state index >= 15 is 0 Å². The predicted octanol–water partition coefficient (Wildman–Crippen LogP) is 0.0191. The van der Waals surface area contributed by atoms with Crippen molar-refractivity contribution in [2.75, 3.05) is 20.1 Å². The van der Waals surface area contributed by atoms with E-state index in [1.807, 2.05) is 14.0 Å². The normalized spacial score (nSPS) is 17.6. The molecule has 3 amide bonds. The van der Waals surface area contributed by atoms with E-state index < -0.39 is 11.9 Å². The molecule has 15 heteroatoms. The first kappa shape index (κ1) is 30.0. The summed E-state index contributed by atoms with van der Waals surface area (Å²) in [6.45, 7) is 2.71. The summed E-state index contributed by atoms with van der Waals surface area (Å²) in [5.41, 5.74) is 12.0. The van der Waals surface area contributed by atoms with Crippen molar-refractivity contribution < 1.29 is 14.4 Å². The molecule has 1 saturated heterocycles. The third-order valence-electron chi connectivity index (χ3n) is 6.06. The maximum absolute atomic E-state index is 13.1. The second-order valence-electron chi connectivity index (χ2n) is 8.80. The highest BCUT2D eigenvalue weighted by Gasteiger charge is 2.38. The largest absolute Gasteiger partial charge is 0.370 e. The number of hydrogen-bond donors (Lipinski definition) is 6. The predicted molar refractivity (Wildman–Crippen MR) is 143 cm³/mol. The number of aryl methyl sites for hydroxylation is 2. The number of nitrogens with zero attached hydrogens (tertiary/aromatic N) is 4. The summed E-state index contributed by atoms with van der Waals surface area (Å²) >= 11 is 1.28. The van der Waals surface area contributed by atoms with Crippen LogP contribution >= 0.6 is 23.7 Å². The summed E-state index contributed by atoms with van der Waals surface area (Å²) in [4.78, 5) is 48.8. The number of nitrogens with one attached hydrogen (secondary N) is 4. The molecule has 0 saturated carbocycles. The van der Waals surface area contributed by atoms with Crippen molar-refractivity contribution in [1.82, 2.24) is 35.4 Å². The van der Waals surface area contributed by atoms with E-state index in [1.165, 1.54) is 18.4 Å². The van der Waals surface area contributed by atoms with Crippen LogP contribution in [0.25, 0.3) is 0 Å². The lowest BCUT2D eigenvalue weighted by molar-refractivity contribution is -0.122. The average Bonchev–Trinajstić information content (AvgIpc) is 3.55. The Balaban J connectivity index is 0.00000481. The van der Waals surface area contributed by atoms with E-state index in [0.717, 1.165) is 5.82 Å². The average molecular weight is 555 g/mol. The molecule has 1 aliphatic heterocycles. The van der Waals surface area contributed by atoms with Crippen molar-refractivity contribution in [1.29, 1.82) is 5.41 Å². The number of halogens is 1. The molecule has 0 spiro atoms. The van der Waals surface area contributed by atoms with Gasteiger partial charge in [0.25, 0.3) is 11.8 Å². The monoisotopic (exact) mass is 554 g/mol. The first-order valence-corrected chi connectivity index (χ1v) is 12.6. The summed E-state index contributed by atoms with van der Waals surface area (Å²) in [6.07, 6.45) is 3.97. The first-order chi connectivity index (χ1) is 17.1. The number of carbonyl (C=O) groups is 3. The van der Waals surface area contributed by atoms with Gasteiger partial charge < -0.3 is 36.9 Å². The van der Waals surface area contributed by atoms with Crippen molar-refractivity contribution in [3.8, 4) is 0 Å². The van der Waals surface area contributed by atoms with Crippen LogP contribution in [0.5, 0.6) is 0 Å². The molecule has 3 heterocycles. The van der Waals surface area contributed by atoms with E-state index in [-0.39, 0.29) is 48.0 Å². The van der Waals surface area contributed by atoms with Crippen molar-refractivity contribution in [3.05, 3.63) is 33.8 Å². The summed E-state index contributed by atoms with van der Waals surface area (Å²) in [6, 6.07) is -1.29. The zero-order valence-electron chi connectivity index (χ0n) is 21.1. The van der Waals surface area contributed by atoms with Crippen molar-refractivity contribution in [3.63, 3.8) is 0 Å². The van der Waals surface area contributed by atoms with E-state index in [2.05, 4.69) is 25.9 Å². The van der Waals surface area contributed by atoms with Gasteiger partial charge in [0.05, 0.1) is 6.04 Å². The van der Waals surface area contributed by atoms with Gasteiger partial charge in [0.15, 0.2) is 5.96 Å². The Kier molecular flexibility index (Phi) is 10.8. The number of hydrogen-bond acceptors (Lipinski definition) is 8.